The average molecular weight is 224 g/mol. The van der Waals surface area contributed by atoms with E-state index in [9.17, 15) is 8.42 Å². The minimum absolute atomic E-state index is 0.315. The van der Waals surface area contributed by atoms with Crippen LogP contribution in [0, 0.1) is 11.3 Å². The maximum Gasteiger partial charge on any atom is 0.225 e. The SMILES string of the molecule is C[C@@H](NS(=O)(=O)CC#N)c1ccccc1. The second kappa shape index (κ2) is 4.91. The van der Waals surface area contributed by atoms with Crippen molar-refractivity contribution in [3.8, 4) is 6.07 Å². The van der Waals surface area contributed by atoms with Gasteiger partial charge in [-0.1, -0.05) is 30.3 Å². The third-order valence-corrected chi connectivity index (χ3v) is 3.13. The number of nitriles is 1. The zero-order valence-electron chi connectivity index (χ0n) is 8.34. The molecule has 80 valence electrons. The van der Waals surface area contributed by atoms with E-state index in [1.54, 1.807) is 13.0 Å². The lowest BCUT2D eigenvalue weighted by Gasteiger charge is -2.12. The first-order chi connectivity index (χ1) is 7.05. The van der Waals surface area contributed by atoms with Crippen molar-refractivity contribution in [2.45, 2.75) is 13.0 Å². The Morgan fingerprint density at radius 1 is 1.40 bits per heavy atom. The highest BCUT2D eigenvalue weighted by Crippen LogP contribution is 2.12. The minimum Gasteiger partial charge on any atom is -0.211 e. The fourth-order valence-corrected chi connectivity index (χ4v) is 2.13. The van der Waals surface area contributed by atoms with Crippen LogP contribution in [0.25, 0.3) is 0 Å². The van der Waals surface area contributed by atoms with Crippen LogP contribution >= 0.6 is 0 Å². The molecule has 0 bridgehead atoms. The lowest BCUT2D eigenvalue weighted by atomic mass is 10.1. The highest BCUT2D eigenvalue weighted by atomic mass is 32.2. The Kier molecular flexibility index (Phi) is 3.83. The topological polar surface area (TPSA) is 70.0 Å². The minimum atomic E-state index is -3.49. The van der Waals surface area contributed by atoms with Gasteiger partial charge in [-0.05, 0) is 12.5 Å². The standard InChI is InChI=1S/C10H12N2O2S/c1-9(10-5-3-2-4-6-10)12-15(13,14)8-7-11/h2-6,9,12H,8H2,1H3/t9-/m1/s1. The molecule has 0 heterocycles. The molecule has 5 heteroatoms. The molecular weight excluding hydrogens is 212 g/mol. The predicted molar refractivity (Wildman–Crippen MR) is 57.4 cm³/mol. The van der Waals surface area contributed by atoms with E-state index in [0.717, 1.165) is 5.56 Å². The van der Waals surface area contributed by atoms with Gasteiger partial charge in [0.15, 0.2) is 5.75 Å². The van der Waals surface area contributed by atoms with E-state index in [0.29, 0.717) is 0 Å². The zero-order valence-corrected chi connectivity index (χ0v) is 9.16. The van der Waals surface area contributed by atoms with E-state index < -0.39 is 15.8 Å². The fraction of sp³-hybridized carbons (Fsp3) is 0.300. The summed E-state index contributed by atoms with van der Waals surface area (Å²) in [4.78, 5) is 0. The average Bonchev–Trinajstić information content (AvgIpc) is 2.18. The summed E-state index contributed by atoms with van der Waals surface area (Å²) < 4.78 is 25.0. The van der Waals surface area contributed by atoms with Crippen LogP contribution in [0.5, 0.6) is 0 Å². The number of hydrogen-bond donors (Lipinski definition) is 1. The first kappa shape index (κ1) is 11.7. The van der Waals surface area contributed by atoms with Crippen LogP contribution in [-0.4, -0.2) is 14.2 Å². The molecule has 1 N–H and O–H groups in total. The van der Waals surface area contributed by atoms with Crippen LogP contribution in [-0.2, 0) is 10.0 Å². The molecule has 0 fully saturated rings. The fourth-order valence-electron chi connectivity index (χ4n) is 1.21. The molecule has 1 aromatic carbocycles. The summed E-state index contributed by atoms with van der Waals surface area (Å²) in [6, 6.07) is 10.5. The largest absolute Gasteiger partial charge is 0.225 e. The van der Waals surface area contributed by atoms with Gasteiger partial charge >= 0.3 is 0 Å². The number of nitrogens with zero attached hydrogens (tertiary/aromatic N) is 1. The van der Waals surface area contributed by atoms with Crippen molar-refractivity contribution in [2.75, 3.05) is 5.75 Å². The van der Waals surface area contributed by atoms with Crippen molar-refractivity contribution in [3.63, 3.8) is 0 Å². The molecular formula is C10H12N2O2S. The van der Waals surface area contributed by atoms with Gasteiger partial charge < -0.3 is 0 Å². The molecule has 0 saturated heterocycles. The Labute approximate surface area is 89.6 Å². The van der Waals surface area contributed by atoms with Crippen LogP contribution in [0.2, 0.25) is 0 Å². The Morgan fingerprint density at radius 2 is 2.00 bits per heavy atom. The van der Waals surface area contributed by atoms with Crippen LogP contribution in [0.15, 0.2) is 30.3 Å². The smallest absolute Gasteiger partial charge is 0.211 e. The summed E-state index contributed by atoms with van der Waals surface area (Å²) >= 11 is 0. The summed E-state index contributed by atoms with van der Waals surface area (Å²) in [7, 11) is -3.49. The third-order valence-electron chi connectivity index (χ3n) is 1.91. The summed E-state index contributed by atoms with van der Waals surface area (Å²) in [5.41, 5.74) is 0.874. The van der Waals surface area contributed by atoms with Crippen molar-refractivity contribution in [1.29, 1.82) is 5.26 Å². The van der Waals surface area contributed by atoms with Crippen molar-refractivity contribution >= 4 is 10.0 Å². The third kappa shape index (κ3) is 3.70. The van der Waals surface area contributed by atoms with E-state index in [2.05, 4.69) is 4.72 Å². The van der Waals surface area contributed by atoms with Gasteiger partial charge in [-0.15, -0.1) is 0 Å². The van der Waals surface area contributed by atoms with Crippen molar-refractivity contribution in [1.82, 2.24) is 4.72 Å². The highest BCUT2D eigenvalue weighted by molar-refractivity contribution is 7.89. The number of nitrogens with one attached hydrogen (secondary N) is 1. The number of rotatable bonds is 4. The maximum absolute atomic E-state index is 11.3. The molecule has 4 nitrogen and oxygen atoms in total. The number of benzene rings is 1. The van der Waals surface area contributed by atoms with E-state index in [-0.39, 0.29) is 6.04 Å². The van der Waals surface area contributed by atoms with Gasteiger partial charge in [0.05, 0.1) is 6.07 Å². The van der Waals surface area contributed by atoms with Gasteiger partial charge in [0.25, 0.3) is 0 Å². The van der Waals surface area contributed by atoms with Crippen molar-refractivity contribution < 1.29 is 8.42 Å². The molecule has 0 radical (unpaired) electrons. The monoisotopic (exact) mass is 224 g/mol. The molecule has 1 rings (SSSR count). The Hall–Kier alpha value is -1.38. The van der Waals surface area contributed by atoms with Crippen LogP contribution in [0.4, 0.5) is 0 Å². The molecule has 0 spiro atoms. The van der Waals surface area contributed by atoms with Crippen LogP contribution in [0.3, 0.4) is 0 Å². The first-order valence-corrected chi connectivity index (χ1v) is 6.12. The van der Waals surface area contributed by atoms with Gasteiger partial charge in [0.2, 0.25) is 10.0 Å². The quantitative estimate of drug-likeness (QED) is 0.835. The highest BCUT2D eigenvalue weighted by Gasteiger charge is 2.14. The van der Waals surface area contributed by atoms with Gasteiger partial charge in [-0.2, -0.15) is 5.26 Å². The lowest BCUT2D eigenvalue weighted by molar-refractivity contribution is 0.570. The first-order valence-electron chi connectivity index (χ1n) is 4.47. The lowest BCUT2D eigenvalue weighted by Crippen LogP contribution is -2.28. The predicted octanol–water partition coefficient (Wildman–Crippen LogP) is 1.19. The summed E-state index contributed by atoms with van der Waals surface area (Å²) in [5, 5.41) is 8.32. The van der Waals surface area contributed by atoms with Gasteiger partial charge in [-0.25, -0.2) is 13.1 Å². The Morgan fingerprint density at radius 3 is 2.53 bits per heavy atom. The second-order valence-corrected chi connectivity index (χ2v) is 4.92. The molecule has 0 aliphatic heterocycles. The molecule has 1 aromatic rings. The maximum atomic E-state index is 11.3. The molecule has 0 aliphatic carbocycles. The second-order valence-electron chi connectivity index (χ2n) is 3.17. The van der Waals surface area contributed by atoms with Gasteiger partial charge in [0.1, 0.15) is 0 Å². The van der Waals surface area contributed by atoms with Crippen LogP contribution < -0.4 is 4.72 Å². The molecule has 1 atom stereocenters. The zero-order chi connectivity index (χ0) is 11.3. The molecule has 0 saturated carbocycles. The molecule has 0 aromatic heterocycles. The molecule has 0 amide bonds. The summed E-state index contributed by atoms with van der Waals surface area (Å²) in [6.07, 6.45) is 0. The van der Waals surface area contributed by atoms with Crippen molar-refractivity contribution in [2.24, 2.45) is 0 Å². The van der Waals surface area contributed by atoms with Gasteiger partial charge in [0, 0.05) is 6.04 Å². The Bertz CT molecular complexity index is 448. The van der Waals surface area contributed by atoms with E-state index in [1.165, 1.54) is 0 Å². The Balaban J connectivity index is 2.73. The summed E-state index contributed by atoms with van der Waals surface area (Å²) in [5.74, 6) is -0.510. The number of hydrogen-bond acceptors (Lipinski definition) is 3. The van der Waals surface area contributed by atoms with E-state index in [1.807, 2.05) is 30.3 Å². The van der Waals surface area contributed by atoms with E-state index in [4.69, 9.17) is 5.26 Å². The normalized spacial score (nSPS) is 13.1. The number of sulfonamides is 1. The molecule has 0 unspecified atom stereocenters. The van der Waals surface area contributed by atoms with Crippen LogP contribution in [0.1, 0.15) is 18.5 Å². The molecule has 0 aliphatic rings. The summed E-state index contributed by atoms with van der Waals surface area (Å²) in [6.45, 7) is 1.74. The van der Waals surface area contributed by atoms with Crippen molar-refractivity contribution in [3.05, 3.63) is 35.9 Å². The van der Waals surface area contributed by atoms with Gasteiger partial charge in [-0.3, -0.25) is 0 Å². The van der Waals surface area contributed by atoms with E-state index >= 15 is 0 Å². The molecule has 15 heavy (non-hydrogen) atoms.